The van der Waals surface area contributed by atoms with E-state index >= 15 is 0 Å². The topological polar surface area (TPSA) is 49.3 Å². The zero-order chi connectivity index (χ0) is 20.7. The van der Waals surface area contributed by atoms with Gasteiger partial charge in [-0.3, -0.25) is 4.79 Å². The van der Waals surface area contributed by atoms with Gasteiger partial charge < -0.3 is 10.4 Å². The molecular formula is C21H24Cl3NO2. The molecule has 0 unspecified atom stereocenters. The van der Waals surface area contributed by atoms with Crippen molar-refractivity contribution in [1.82, 2.24) is 0 Å². The normalized spacial score (nSPS) is 12.2. The lowest BCUT2D eigenvalue weighted by molar-refractivity contribution is 0.102. The molecule has 3 nitrogen and oxygen atoms in total. The second-order valence-electron chi connectivity index (χ2n) is 8.62. The predicted octanol–water partition coefficient (Wildman–Crippen LogP) is 7.20. The van der Waals surface area contributed by atoms with Crippen LogP contribution in [0.15, 0.2) is 24.3 Å². The van der Waals surface area contributed by atoms with E-state index in [1.165, 1.54) is 12.1 Å². The molecule has 0 aromatic heterocycles. The highest BCUT2D eigenvalue weighted by molar-refractivity contribution is 6.44. The number of amides is 1. The lowest BCUT2D eigenvalue weighted by atomic mass is 9.78. The first-order valence-corrected chi connectivity index (χ1v) is 9.69. The molecule has 0 heterocycles. The summed E-state index contributed by atoms with van der Waals surface area (Å²) >= 11 is 18.1. The lowest BCUT2D eigenvalue weighted by Gasteiger charge is -2.28. The highest BCUT2D eigenvalue weighted by atomic mass is 35.5. The maximum Gasteiger partial charge on any atom is 0.255 e. The van der Waals surface area contributed by atoms with Gasteiger partial charge in [-0.15, -0.1) is 0 Å². The van der Waals surface area contributed by atoms with E-state index in [-0.39, 0.29) is 22.5 Å². The molecule has 0 atom stereocenters. The Hall–Kier alpha value is -1.42. The first kappa shape index (κ1) is 21.9. The number of nitrogens with one attached hydrogen (secondary N) is 1. The molecule has 1 amide bonds. The van der Waals surface area contributed by atoms with Crippen LogP contribution in [0.1, 0.15) is 63.0 Å². The number of anilines is 1. The van der Waals surface area contributed by atoms with E-state index in [9.17, 15) is 9.90 Å². The average molecular weight is 429 g/mol. The highest BCUT2D eigenvalue weighted by Gasteiger charge is 2.28. The minimum atomic E-state index is -0.341. The maximum atomic E-state index is 12.9. The van der Waals surface area contributed by atoms with Gasteiger partial charge in [-0.1, -0.05) is 76.3 Å². The summed E-state index contributed by atoms with van der Waals surface area (Å²) in [6.07, 6.45) is 0. The van der Waals surface area contributed by atoms with Gasteiger partial charge in [0.25, 0.3) is 5.91 Å². The quantitative estimate of drug-likeness (QED) is 0.497. The standard InChI is InChI=1S/C21H24Cl3NO2/c1-20(2,3)12-7-11(8-13(18(12)26)21(4,5)6)19(27)25-17-10-15(23)14(22)9-16(17)24/h7-10,26H,1-6H3,(H,25,27). The van der Waals surface area contributed by atoms with Crippen LogP contribution in [0.2, 0.25) is 15.1 Å². The Labute approximate surface area is 175 Å². The Morgan fingerprint density at radius 3 is 1.70 bits per heavy atom. The first-order valence-electron chi connectivity index (χ1n) is 8.55. The molecule has 2 aromatic rings. The van der Waals surface area contributed by atoms with Crippen molar-refractivity contribution in [3.05, 3.63) is 56.0 Å². The largest absolute Gasteiger partial charge is 0.507 e. The molecule has 0 aliphatic rings. The number of phenols is 1. The highest BCUT2D eigenvalue weighted by Crippen LogP contribution is 2.40. The van der Waals surface area contributed by atoms with E-state index in [1.807, 2.05) is 41.5 Å². The minimum absolute atomic E-state index is 0.221. The van der Waals surface area contributed by atoms with Crippen molar-refractivity contribution in [3.63, 3.8) is 0 Å². The minimum Gasteiger partial charge on any atom is -0.507 e. The Kier molecular flexibility index (Phi) is 6.11. The lowest BCUT2D eigenvalue weighted by Crippen LogP contribution is -2.20. The average Bonchev–Trinajstić information content (AvgIpc) is 2.50. The fourth-order valence-corrected chi connectivity index (χ4v) is 3.32. The third-order valence-corrected chi connectivity index (χ3v) is 5.28. The summed E-state index contributed by atoms with van der Waals surface area (Å²) < 4.78 is 0. The van der Waals surface area contributed by atoms with Gasteiger partial charge >= 0.3 is 0 Å². The first-order chi connectivity index (χ1) is 12.2. The number of carbonyl (C=O) groups excluding carboxylic acids is 1. The van der Waals surface area contributed by atoms with Crippen LogP contribution in [0.4, 0.5) is 5.69 Å². The fraction of sp³-hybridized carbons (Fsp3) is 0.381. The van der Waals surface area contributed by atoms with Gasteiger partial charge in [-0.25, -0.2) is 0 Å². The van der Waals surface area contributed by atoms with Crippen LogP contribution in [0.25, 0.3) is 0 Å². The Morgan fingerprint density at radius 2 is 1.26 bits per heavy atom. The van der Waals surface area contributed by atoms with Gasteiger partial charge in [0.15, 0.2) is 0 Å². The van der Waals surface area contributed by atoms with Gasteiger partial charge in [-0.05, 0) is 35.1 Å². The van der Waals surface area contributed by atoms with Crippen molar-refractivity contribution < 1.29 is 9.90 Å². The monoisotopic (exact) mass is 427 g/mol. The van der Waals surface area contributed by atoms with Gasteiger partial charge in [-0.2, -0.15) is 0 Å². The van der Waals surface area contributed by atoms with Crippen molar-refractivity contribution in [2.75, 3.05) is 5.32 Å². The molecule has 2 aromatic carbocycles. The second-order valence-corrected chi connectivity index (χ2v) is 9.84. The van der Waals surface area contributed by atoms with Crippen LogP contribution in [0.3, 0.4) is 0 Å². The van der Waals surface area contributed by atoms with E-state index in [4.69, 9.17) is 34.8 Å². The number of phenolic OH excluding ortho intramolecular Hbond substituents is 1. The number of hydrogen-bond donors (Lipinski definition) is 2. The van der Waals surface area contributed by atoms with Crippen LogP contribution in [0, 0.1) is 0 Å². The third-order valence-electron chi connectivity index (χ3n) is 4.25. The van der Waals surface area contributed by atoms with Crippen molar-refractivity contribution in [3.8, 4) is 5.75 Å². The number of aromatic hydroxyl groups is 1. The summed E-state index contributed by atoms with van der Waals surface area (Å²) in [4.78, 5) is 12.9. The third kappa shape index (κ3) is 4.90. The number of carbonyl (C=O) groups is 1. The molecular weight excluding hydrogens is 405 g/mol. The van der Waals surface area contributed by atoms with Gasteiger partial charge in [0.05, 0.1) is 20.8 Å². The molecule has 2 rings (SSSR count). The summed E-state index contributed by atoms with van der Waals surface area (Å²) in [6.45, 7) is 12.0. The molecule has 0 saturated carbocycles. The second kappa shape index (κ2) is 7.54. The molecule has 0 spiro atoms. The molecule has 6 heteroatoms. The predicted molar refractivity (Wildman–Crippen MR) is 115 cm³/mol. The van der Waals surface area contributed by atoms with E-state index < -0.39 is 0 Å². The van der Waals surface area contributed by atoms with Crippen LogP contribution < -0.4 is 5.32 Å². The molecule has 0 aliphatic carbocycles. The summed E-state index contributed by atoms with van der Waals surface area (Å²) in [5.41, 5.74) is 1.56. The molecule has 0 saturated heterocycles. The summed E-state index contributed by atoms with van der Waals surface area (Å²) in [5.74, 6) is -0.120. The van der Waals surface area contributed by atoms with Gasteiger partial charge in [0, 0.05) is 16.7 Å². The van der Waals surface area contributed by atoms with Crippen LogP contribution >= 0.6 is 34.8 Å². The summed E-state index contributed by atoms with van der Waals surface area (Å²) in [5, 5.41) is 14.5. The smallest absolute Gasteiger partial charge is 0.255 e. The number of benzene rings is 2. The van der Waals surface area contributed by atoms with E-state index in [2.05, 4.69) is 5.32 Å². The molecule has 2 N–H and O–H groups in total. The zero-order valence-corrected chi connectivity index (χ0v) is 18.6. The van der Waals surface area contributed by atoms with Gasteiger partial charge in [0.1, 0.15) is 5.75 Å². The number of halogens is 3. The Bertz CT molecular complexity index is 859. The fourth-order valence-electron chi connectivity index (χ4n) is 2.72. The molecule has 0 bridgehead atoms. The Balaban J connectivity index is 2.55. The van der Waals surface area contributed by atoms with Crippen molar-refractivity contribution in [2.24, 2.45) is 0 Å². The van der Waals surface area contributed by atoms with Crippen LogP contribution in [-0.4, -0.2) is 11.0 Å². The number of rotatable bonds is 2. The molecule has 0 radical (unpaired) electrons. The molecule has 0 aliphatic heterocycles. The zero-order valence-electron chi connectivity index (χ0n) is 16.3. The molecule has 146 valence electrons. The van der Waals surface area contributed by atoms with E-state index in [0.717, 1.165) is 0 Å². The van der Waals surface area contributed by atoms with Gasteiger partial charge in [0.2, 0.25) is 0 Å². The van der Waals surface area contributed by atoms with E-state index in [1.54, 1.807) is 12.1 Å². The number of hydrogen-bond acceptors (Lipinski definition) is 2. The maximum absolute atomic E-state index is 12.9. The molecule has 0 fully saturated rings. The Morgan fingerprint density at radius 1 is 0.815 bits per heavy atom. The van der Waals surface area contributed by atoms with Crippen LogP contribution in [0.5, 0.6) is 5.75 Å². The van der Waals surface area contributed by atoms with Crippen molar-refractivity contribution >= 4 is 46.4 Å². The summed E-state index contributed by atoms with van der Waals surface area (Å²) in [6, 6.07) is 6.43. The summed E-state index contributed by atoms with van der Waals surface area (Å²) in [7, 11) is 0. The SMILES string of the molecule is CC(C)(C)c1cc(C(=O)Nc2cc(Cl)c(Cl)cc2Cl)cc(C(C)(C)C)c1O. The van der Waals surface area contributed by atoms with Crippen molar-refractivity contribution in [1.29, 1.82) is 0 Å². The van der Waals surface area contributed by atoms with Crippen molar-refractivity contribution in [2.45, 2.75) is 52.4 Å². The van der Waals surface area contributed by atoms with E-state index in [0.29, 0.717) is 37.4 Å². The molecule has 27 heavy (non-hydrogen) atoms. The van der Waals surface area contributed by atoms with Crippen LogP contribution in [-0.2, 0) is 10.8 Å².